The molecule has 3 aliphatic rings. The van der Waals surface area contributed by atoms with E-state index in [9.17, 15) is 4.79 Å². The van der Waals surface area contributed by atoms with E-state index in [4.69, 9.17) is 4.74 Å². The van der Waals surface area contributed by atoms with Gasteiger partial charge in [-0.05, 0) is 51.0 Å². The number of carbonyl (C=O) groups is 1. The molecular weight excluding hydrogens is 276 g/mol. The molecular formula is C18H32N2O2. The van der Waals surface area contributed by atoms with Crippen LogP contribution in [0.3, 0.4) is 0 Å². The van der Waals surface area contributed by atoms with Crippen LogP contribution in [0.15, 0.2) is 0 Å². The Kier molecular flexibility index (Phi) is 5.40. The predicted molar refractivity (Wildman–Crippen MR) is 87.7 cm³/mol. The van der Waals surface area contributed by atoms with E-state index in [0.717, 1.165) is 64.3 Å². The number of amides is 1. The Labute approximate surface area is 135 Å². The second kappa shape index (κ2) is 7.31. The van der Waals surface area contributed by atoms with Gasteiger partial charge in [-0.15, -0.1) is 0 Å². The first-order chi connectivity index (χ1) is 10.6. The third-order valence-corrected chi connectivity index (χ3v) is 5.50. The molecule has 0 bridgehead atoms. The summed E-state index contributed by atoms with van der Waals surface area (Å²) in [5, 5.41) is 0. The minimum absolute atomic E-state index is 0.367. The molecule has 1 saturated carbocycles. The van der Waals surface area contributed by atoms with Crippen molar-refractivity contribution in [1.29, 1.82) is 0 Å². The fourth-order valence-electron chi connectivity index (χ4n) is 3.89. The monoisotopic (exact) mass is 308 g/mol. The minimum Gasteiger partial charge on any atom is -0.381 e. The van der Waals surface area contributed by atoms with Gasteiger partial charge < -0.3 is 9.64 Å². The Morgan fingerprint density at radius 1 is 1.14 bits per heavy atom. The highest BCUT2D eigenvalue weighted by molar-refractivity contribution is 5.81. The van der Waals surface area contributed by atoms with Crippen molar-refractivity contribution in [2.75, 3.05) is 32.8 Å². The highest BCUT2D eigenvalue weighted by atomic mass is 16.5. The first-order valence-electron chi connectivity index (χ1n) is 9.27. The van der Waals surface area contributed by atoms with E-state index in [-0.39, 0.29) is 0 Å². The molecule has 3 fully saturated rings. The average Bonchev–Trinajstić information content (AvgIpc) is 3.26. The molecule has 1 amide bonds. The van der Waals surface area contributed by atoms with E-state index in [0.29, 0.717) is 23.9 Å². The summed E-state index contributed by atoms with van der Waals surface area (Å²) in [7, 11) is 0. The molecule has 0 N–H and O–H groups in total. The molecule has 0 spiro atoms. The van der Waals surface area contributed by atoms with Crippen LogP contribution in [0, 0.1) is 11.8 Å². The number of carbonyl (C=O) groups excluding carboxylic acids is 1. The van der Waals surface area contributed by atoms with Crippen molar-refractivity contribution in [3.05, 3.63) is 0 Å². The van der Waals surface area contributed by atoms with Crippen molar-refractivity contribution < 1.29 is 9.53 Å². The van der Waals surface area contributed by atoms with Gasteiger partial charge in [0, 0.05) is 44.3 Å². The zero-order valence-electron chi connectivity index (χ0n) is 14.3. The summed E-state index contributed by atoms with van der Waals surface area (Å²) >= 11 is 0. The van der Waals surface area contributed by atoms with E-state index in [1.54, 1.807) is 0 Å². The normalized spacial score (nSPS) is 27.1. The molecule has 1 aliphatic carbocycles. The molecule has 4 nitrogen and oxygen atoms in total. The van der Waals surface area contributed by atoms with E-state index < -0.39 is 0 Å². The van der Waals surface area contributed by atoms with Gasteiger partial charge in [0.1, 0.15) is 0 Å². The van der Waals surface area contributed by atoms with Crippen molar-refractivity contribution in [3.63, 3.8) is 0 Å². The van der Waals surface area contributed by atoms with Crippen LogP contribution >= 0.6 is 0 Å². The van der Waals surface area contributed by atoms with Gasteiger partial charge in [-0.25, -0.2) is 0 Å². The standard InChI is InChI=1S/C18H32N2O2/c1-14(2)5-10-20(16-7-11-22-12-8-16)17-6-9-19(13-17)18(21)15-3-4-15/h14-17H,3-13H2,1-2H3. The number of rotatable bonds is 6. The largest absolute Gasteiger partial charge is 0.381 e. The summed E-state index contributed by atoms with van der Waals surface area (Å²) in [6, 6.07) is 1.23. The average molecular weight is 308 g/mol. The number of likely N-dealkylation sites (tertiary alicyclic amines) is 1. The molecule has 1 atom stereocenters. The van der Waals surface area contributed by atoms with E-state index in [1.807, 2.05) is 0 Å². The fraction of sp³-hybridized carbons (Fsp3) is 0.944. The lowest BCUT2D eigenvalue weighted by atomic mass is 10.0. The van der Waals surface area contributed by atoms with Gasteiger partial charge in [-0.1, -0.05) is 13.8 Å². The van der Waals surface area contributed by atoms with Crippen LogP contribution in [0.2, 0.25) is 0 Å². The summed E-state index contributed by atoms with van der Waals surface area (Å²) in [5.41, 5.74) is 0. The molecule has 0 radical (unpaired) electrons. The lowest BCUT2D eigenvalue weighted by molar-refractivity contribution is -0.131. The Bertz CT molecular complexity index is 375. The maximum atomic E-state index is 12.3. The molecule has 0 aromatic rings. The quantitative estimate of drug-likeness (QED) is 0.756. The molecule has 4 heteroatoms. The maximum Gasteiger partial charge on any atom is 0.225 e. The summed E-state index contributed by atoms with van der Waals surface area (Å²) in [6.07, 6.45) is 6.97. The summed E-state index contributed by atoms with van der Waals surface area (Å²) in [6.45, 7) is 9.53. The fourth-order valence-corrected chi connectivity index (χ4v) is 3.89. The molecule has 0 aromatic carbocycles. The molecule has 2 heterocycles. The van der Waals surface area contributed by atoms with Gasteiger partial charge >= 0.3 is 0 Å². The summed E-state index contributed by atoms with van der Waals surface area (Å²) in [4.78, 5) is 17.2. The van der Waals surface area contributed by atoms with E-state index >= 15 is 0 Å². The summed E-state index contributed by atoms with van der Waals surface area (Å²) < 4.78 is 5.55. The maximum absolute atomic E-state index is 12.3. The molecule has 2 aliphatic heterocycles. The number of hydrogen-bond donors (Lipinski definition) is 0. The second-order valence-corrected chi connectivity index (χ2v) is 7.76. The van der Waals surface area contributed by atoms with Crippen LogP contribution in [0.4, 0.5) is 0 Å². The van der Waals surface area contributed by atoms with Crippen molar-refractivity contribution in [2.45, 2.75) is 64.5 Å². The van der Waals surface area contributed by atoms with Crippen molar-refractivity contribution in [1.82, 2.24) is 9.80 Å². The van der Waals surface area contributed by atoms with E-state index in [1.165, 1.54) is 13.0 Å². The summed E-state index contributed by atoms with van der Waals surface area (Å²) in [5.74, 6) is 1.54. The molecule has 3 rings (SSSR count). The molecule has 126 valence electrons. The highest BCUT2D eigenvalue weighted by Crippen LogP contribution is 2.33. The smallest absolute Gasteiger partial charge is 0.225 e. The lowest BCUT2D eigenvalue weighted by Gasteiger charge is -2.38. The topological polar surface area (TPSA) is 32.8 Å². The van der Waals surface area contributed by atoms with Gasteiger partial charge in [0.25, 0.3) is 0 Å². The molecule has 1 unspecified atom stereocenters. The Hall–Kier alpha value is -0.610. The van der Waals surface area contributed by atoms with Crippen LogP contribution in [-0.2, 0) is 9.53 Å². The first-order valence-corrected chi connectivity index (χ1v) is 9.27. The Morgan fingerprint density at radius 3 is 2.50 bits per heavy atom. The third-order valence-electron chi connectivity index (χ3n) is 5.50. The second-order valence-electron chi connectivity index (χ2n) is 7.76. The molecule has 2 saturated heterocycles. The first kappa shape index (κ1) is 16.3. The SMILES string of the molecule is CC(C)CCN(C1CCOCC1)C1CCN(C(=O)C2CC2)C1. The minimum atomic E-state index is 0.367. The Morgan fingerprint density at radius 2 is 1.86 bits per heavy atom. The van der Waals surface area contributed by atoms with Crippen molar-refractivity contribution >= 4 is 5.91 Å². The van der Waals surface area contributed by atoms with Crippen molar-refractivity contribution in [2.24, 2.45) is 11.8 Å². The van der Waals surface area contributed by atoms with Crippen molar-refractivity contribution in [3.8, 4) is 0 Å². The van der Waals surface area contributed by atoms with Gasteiger partial charge in [0.05, 0.1) is 0 Å². The lowest BCUT2D eigenvalue weighted by Crippen LogP contribution is -2.48. The van der Waals surface area contributed by atoms with Crippen LogP contribution < -0.4 is 0 Å². The van der Waals surface area contributed by atoms with Gasteiger partial charge in [-0.3, -0.25) is 9.69 Å². The number of ether oxygens (including phenoxy) is 1. The van der Waals surface area contributed by atoms with E-state index in [2.05, 4.69) is 23.6 Å². The third kappa shape index (κ3) is 4.02. The van der Waals surface area contributed by atoms with Crippen LogP contribution in [0.5, 0.6) is 0 Å². The zero-order chi connectivity index (χ0) is 15.5. The van der Waals surface area contributed by atoms with Crippen LogP contribution in [-0.4, -0.2) is 60.6 Å². The number of nitrogens with zero attached hydrogens (tertiary/aromatic N) is 2. The van der Waals surface area contributed by atoms with Crippen LogP contribution in [0.1, 0.15) is 52.4 Å². The van der Waals surface area contributed by atoms with Crippen LogP contribution in [0.25, 0.3) is 0 Å². The molecule has 22 heavy (non-hydrogen) atoms. The predicted octanol–water partition coefficient (Wildman–Crippen LogP) is 2.52. The van der Waals surface area contributed by atoms with Gasteiger partial charge in [0.2, 0.25) is 5.91 Å². The number of hydrogen-bond acceptors (Lipinski definition) is 3. The highest BCUT2D eigenvalue weighted by Gasteiger charge is 2.39. The zero-order valence-corrected chi connectivity index (χ0v) is 14.3. The van der Waals surface area contributed by atoms with Gasteiger partial charge in [-0.2, -0.15) is 0 Å². The molecule has 0 aromatic heterocycles. The van der Waals surface area contributed by atoms with Gasteiger partial charge in [0.15, 0.2) is 0 Å². The Balaban J connectivity index is 1.59.